The van der Waals surface area contributed by atoms with Gasteiger partial charge in [-0.05, 0) is 43.4 Å². The van der Waals surface area contributed by atoms with Crippen molar-refractivity contribution in [2.45, 2.75) is 42.4 Å². The predicted molar refractivity (Wildman–Crippen MR) is 79.3 cm³/mol. The number of aromatic amines is 1. The topological polar surface area (TPSA) is 108 Å². The summed E-state index contributed by atoms with van der Waals surface area (Å²) in [6.07, 6.45) is 2.73. The van der Waals surface area contributed by atoms with Crippen LogP contribution in [0.2, 0.25) is 0 Å². The van der Waals surface area contributed by atoms with Crippen LogP contribution < -0.4 is 4.72 Å². The molecule has 3 N–H and O–H groups in total. The fourth-order valence-corrected chi connectivity index (χ4v) is 4.03. The van der Waals surface area contributed by atoms with Crippen LogP contribution in [-0.4, -0.2) is 35.0 Å². The van der Waals surface area contributed by atoms with Crippen LogP contribution in [0.25, 0.3) is 0 Å². The fourth-order valence-electron chi connectivity index (χ4n) is 2.88. The van der Waals surface area contributed by atoms with E-state index in [1.54, 1.807) is 12.1 Å². The molecule has 1 aromatic carbocycles. The second kappa shape index (κ2) is 5.99. The van der Waals surface area contributed by atoms with Gasteiger partial charge in [-0.15, -0.1) is 5.10 Å². The monoisotopic (exact) mass is 340 g/mol. The molecule has 0 saturated heterocycles. The Hall–Kier alpha value is -1.84. The van der Waals surface area contributed by atoms with Crippen LogP contribution in [0.4, 0.5) is 4.39 Å². The standard InChI is InChI=1S/C14H17FN4O3S/c15-11-3-1-2-10(8-11)14(20)6-4-12(5-7-14)18-23(21,22)13-9-16-19-17-13/h1-3,8-9,12,18,20H,4-7H2,(H,16,17,19). The minimum Gasteiger partial charge on any atom is -0.385 e. The van der Waals surface area contributed by atoms with E-state index in [1.165, 1.54) is 12.1 Å². The number of rotatable bonds is 4. The number of nitrogens with zero attached hydrogens (tertiary/aromatic N) is 2. The van der Waals surface area contributed by atoms with Gasteiger partial charge in [-0.3, -0.25) is 0 Å². The third-order valence-corrected chi connectivity index (χ3v) is 5.56. The van der Waals surface area contributed by atoms with Crippen molar-refractivity contribution in [3.63, 3.8) is 0 Å². The lowest BCUT2D eigenvalue weighted by molar-refractivity contribution is -0.00662. The summed E-state index contributed by atoms with van der Waals surface area (Å²) in [4.78, 5) is 0. The maximum atomic E-state index is 13.3. The lowest BCUT2D eigenvalue weighted by atomic mass is 9.78. The zero-order chi connectivity index (χ0) is 16.5. The van der Waals surface area contributed by atoms with E-state index in [2.05, 4.69) is 20.1 Å². The van der Waals surface area contributed by atoms with Crippen molar-refractivity contribution in [1.82, 2.24) is 20.1 Å². The molecule has 1 saturated carbocycles. The molecule has 0 aliphatic heterocycles. The summed E-state index contributed by atoms with van der Waals surface area (Å²) in [5.41, 5.74) is -0.604. The molecule has 0 spiro atoms. The number of sulfonamides is 1. The highest BCUT2D eigenvalue weighted by molar-refractivity contribution is 7.89. The third kappa shape index (κ3) is 3.41. The van der Waals surface area contributed by atoms with Gasteiger partial charge in [-0.2, -0.15) is 10.3 Å². The first-order valence-electron chi connectivity index (χ1n) is 7.26. The van der Waals surface area contributed by atoms with Gasteiger partial charge in [-0.1, -0.05) is 12.1 Å². The molecule has 1 heterocycles. The molecule has 7 nitrogen and oxygen atoms in total. The predicted octanol–water partition coefficient (Wildman–Crippen LogP) is 1.05. The van der Waals surface area contributed by atoms with E-state index < -0.39 is 21.4 Å². The van der Waals surface area contributed by atoms with E-state index in [0.29, 0.717) is 31.2 Å². The lowest BCUT2D eigenvalue weighted by Gasteiger charge is -2.36. The van der Waals surface area contributed by atoms with Crippen molar-refractivity contribution in [3.8, 4) is 0 Å². The van der Waals surface area contributed by atoms with Gasteiger partial charge in [0.1, 0.15) is 5.82 Å². The Morgan fingerprint density at radius 3 is 2.70 bits per heavy atom. The highest BCUT2D eigenvalue weighted by atomic mass is 32.2. The second-order valence-electron chi connectivity index (χ2n) is 5.75. The largest absolute Gasteiger partial charge is 0.385 e. The summed E-state index contributed by atoms with van der Waals surface area (Å²) in [5.74, 6) is -0.398. The van der Waals surface area contributed by atoms with Crippen LogP contribution in [0.5, 0.6) is 0 Å². The Kier molecular flexibility index (Phi) is 4.17. The zero-order valence-electron chi connectivity index (χ0n) is 12.2. The molecule has 2 aromatic rings. The summed E-state index contributed by atoms with van der Waals surface area (Å²) >= 11 is 0. The van der Waals surface area contributed by atoms with Gasteiger partial charge in [0.2, 0.25) is 5.03 Å². The number of hydrogen-bond acceptors (Lipinski definition) is 5. The van der Waals surface area contributed by atoms with E-state index in [9.17, 15) is 17.9 Å². The average molecular weight is 340 g/mol. The summed E-state index contributed by atoms with van der Waals surface area (Å²) in [6, 6.07) is 5.58. The first-order chi connectivity index (χ1) is 10.9. The molecule has 0 radical (unpaired) electrons. The maximum absolute atomic E-state index is 13.3. The first kappa shape index (κ1) is 16.0. The molecule has 9 heteroatoms. The summed E-state index contributed by atoms with van der Waals surface area (Å²) < 4.78 is 40.1. The smallest absolute Gasteiger partial charge is 0.261 e. The van der Waals surface area contributed by atoms with E-state index in [-0.39, 0.29) is 11.1 Å². The SMILES string of the molecule is O=S(=O)(NC1CCC(O)(c2cccc(F)c2)CC1)c1cn[nH]n1. The normalized spacial score (nSPS) is 25.4. The summed E-state index contributed by atoms with van der Waals surface area (Å²) in [5, 5.41) is 19.8. The molecule has 1 aliphatic carbocycles. The molecule has 0 bridgehead atoms. The lowest BCUT2D eigenvalue weighted by Crippen LogP contribution is -2.42. The molecule has 1 aromatic heterocycles. The summed E-state index contributed by atoms with van der Waals surface area (Å²) in [6.45, 7) is 0. The Balaban J connectivity index is 1.67. The van der Waals surface area contributed by atoms with Crippen LogP contribution >= 0.6 is 0 Å². The van der Waals surface area contributed by atoms with Crippen molar-refractivity contribution in [3.05, 3.63) is 41.8 Å². The number of aliphatic hydroxyl groups is 1. The van der Waals surface area contributed by atoms with E-state index in [1.807, 2.05) is 0 Å². The minimum atomic E-state index is -3.72. The van der Waals surface area contributed by atoms with Gasteiger partial charge in [-0.25, -0.2) is 17.5 Å². The van der Waals surface area contributed by atoms with Crippen LogP contribution in [0.3, 0.4) is 0 Å². The minimum absolute atomic E-state index is 0.163. The Morgan fingerprint density at radius 2 is 2.09 bits per heavy atom. The quantitative estimate of drug-likeness (QED) is 0.771. The number of benzene rings is 1. The Morgan fingerprint density at radius 1 is 1.35 bits per heavy atom. The van der Waals surface area contributed by atoms with Gasteiger partial charge in [0.15, 0.2) is 0 Å². The molecule has 0 atom stereocenters. The fraction of sp³-hybridized carbons (Fsp3) is 0.429. The van der Waals surface area contributed by atoms with Crippen molar-refractivity contribution in [2.75, 3.05) is 0 Å². The second-order valence-corrected chi connectivity index (χ2v) is 7.41. The van der Waals surface area contributed by atoms with Gasteiger partial charge in [0.25, 0.3) is 10.0 Å². The number of H-pyrrole nitrogens is 1. The van der Waals surface area contributed by atoms with E-state index >= 15 is 0 Å². The van der Waals surface area contributed by atoms with Crippen LogP contribution in [0.1, 0.15) is 31.2 Å². The summed E-state index contributed by atoms with van der Waals surface area (Å²) in [7, 11) is -3.72. The van der Waals surface area contributed by atoms with Crippen LogP contribution in [0.15, 0.2) is 35.5 Å². The van der Waals surface area contributed by atoms with Gasteiger partial charge in [0, 0.05) is 6.04 Å². The number of nitrogens with one attached hydrogen (secondary N) is 2. The number of aromatic nitrogens is 3. The van der Waals surface area contributed by atoms with Gasteiger partial charge in [0.05, 0.1) is 11.8 Å². The molecular weight excluding hydrogens is 323 g/mol. The third-order valence-electron chi connectivity index (χ3n) is 4.16. The molecular formula is C14H17FN4O3S. The Bertz CT molecular complexity index is 771. The zero-order valence-corrected chi connectivity index (χ0v) is 13.1. The van der Waals surface area contributed by atoms with Crippen LogP contribution in [-0.2, 0) is 15.6 Å². The van der Waals surface area contributed by atoms with Crippen molar-refractivity contribution >= 4 is 10.0 Å². The molecule has 1 fully saturated rings. The number of hydrogen-bond donors (Lipinski definition) is 3. The maximum Gasteiger partial charge on any atom is 0.261 e. The first-order valence-corrected chi connectivity index (χ1v) is 8.74. The van der Waals surface area contributed by atoms with Gasteiger partial charge >= 0.3 is 0 Å². The highest BCUT2D eigenvalue weighted by Gasteiger charge is 2.36. The molecule has 23 heavy (non-hydrogen) atoms. The average Bonchev–Trinajstić information content (AvgIpc) is 3.05. The highest BCUT2D eigenvalue weighted by Crippen LogP contribution is 2.37. The number of halogens is 1. The molecule has 124 valence electrons. The van der Waals surface area contributed by atoms with Crippen LogP contribution in [0, 0.1) is 5.82 Å². The molecule has 0 unspecified atom stereocenters. The Labute approximate surface area is 133 Å². The molecule has 3 rings (SSSR count). The van der Waals surface area contributed by atoms with Crippen molar-refractivity contribution < 1.29 is 17.9 Å². The van der Waals surface area contributed by atoms with E-state index in [4.69, 9.17) is 0 Å². The van der Waals surface area contributed by atoms with E-state index in [0.717, 1.165) is 6.20 Å². The molecule has 0 amide bonds. The van der Waals surface area contributed by atoms with Crippen molar-refractivity contribution in [2.24, 2.45) is 0 Å². The molecule has 1 aliphatic rings. The van der Waals surface area contributed by atoms with Crippen molar-refractivity contribution in [1.29, 1.82) is 0 Å². The van der Waals surface area contributed by atoms with Gasteiger partial charge < -0.3 is 5.11 Å².